The van der Waals surface area contributed by atoms with Crippen LogP contribution < -0.4 is 11.2 Å². The van der Waals surface area contributed by atoms with Gasteiger partial charge in [0.2, 0.25) is 0 Å². The van der Waals surface area contributed by atoms with Crippen molar-refractivity contribution in [3.05, 3.63) is 31.3 Å². The number of halogens is 3. The maximum Gasteiger partial charge on any atom is 0.390 e. The molecule has 3 heterocycles. The van der Waals surface area contributed by atoms with Crippen LogP contribution in [0.15, 0.2) is 9.59 Å². The highest BCUT2D eigenvalue weighted by Gasteiger charge is 2.35. The highest BCUT2D eigenvalue weighted by atomic mass is 32.1. The highest BCUT2D eigenvalue weighted by molar-refractivity contribution is 7.20. The lowest BCUT2D eigenvalue weighted by Gasteiger charge is -2.36. The molecule has 33 heavy (non-hydrogen) atoms. The molecule has 2 aromatic heterocycles. The van der Waals surface area contributed by atoms with Gasteiger partial charge in [-0.3, -0.25) is 18.7 Å². The van der Waals surface area contributed by atoms with Crippen molar-refractivity contribution in [2.45, 2.75) is 63.9 Å². The Kier molecular flexibility index (Phi) is 6.21. The minimum Gasteiger partial charge on any atom is -0.393 e. The number of aliphatic hydroxyl groups is 2. The number of hydrogen-bond acceptors (Lipinski definition) is 6. The van der Waals surface area contributed by atoms with E-state index < -0.39 is 48.5 Å². The Hall–Kier alpha value is -2.18. The first kappa shape index (κ1) is 24.0. The van der Waals surface area contributed by atoms with Crippen molar-refractivity contribution in [2.75, 3.05) is 19.7 Å². The van der Waals surface area contributed by atoms with Crippen LogP contribution in [0.25, 0.3) is 10.2 Å². The molecule has 0 unspecified atom stereocenters. The number of thiophene rings is 1. The summed E-state index contributed by atoms with van der Waals surface area (Å²) in [6.07, 6.45) is -3.63. The molecule has 1 aliphatic carbocycles. The molecular formula is C21H26F3N3O5S. The van der Waals surface area contributed by atoms with Gasteiger partial charge in [-0.1, -0.05) is 0 Å². The minimum absolute atomic E-state index is 0.0750. The summed E-state index contributed by atoms with van der Waals surface area (Å²) < 4.78 is 40.8. The summed E-state index contributed by atoms with van der Waals surface area (Å²) in [6, 6.07) is 0. The van der Waals surface area contributed by atoms with E-state index in [4.69, 9.17) is 0 Å². The van der Waals surface area contributed by atoms with Crippen molar-refractivity contribution in [1.29, 1.82) is 0 Å². The number of carbonyl (C=O) groups excluding carboxylic acids is 1. The fourth-order valence-corrected chi connectivity index (χ4v) is 5.47. The number of alkyl halides is 3. The Morgan fingerprint density at radius 3 is 2.36 bits per heavy atom. The molecule has 2 aromatic rings. The third-order valence-electron chi connectivity index (χ3n) is 6.52. The van der Waals surface area contributed by atoms with Crippen LogP contribution in [0.2, 0.25) is 0 Å². The lowest BCUT2D eigenvalue weighted by atomic mass is 9.92. The van der Waals surface area contributed by atoms with E-state index in [1.165, 1.54) is 4.90 Å². The molecule has 1 saturated carbocycles. The van der Waals surface area contributed by atoms with Crippen LogP contribution in [0.3, 0.4) is 0 Å². The van der Waals surface area contributed by atoms with Gasteiger partial charge >= 0.3 is 11.9 Å². The topological polar surface area (TPSA) is 105 Å². The second kappa shape index (κ2) is 8.55. The number of amides is 1. The molecule has 0 atom stereocenters. The van der Waals surface area contributed by atoms with Gasteiger partial charge in [-0.15, -0.1) is 11.3 Å². The lowest BCUT2D eigenvalue weighted by molar-refractivity contribution is -0.136. The monoisotopic (exact) mass is 489 g/mol. The third-order valence-corrected chi connectivity index (χ3v) is 7.82. The quantitative estimate of drug-likeness (QED) is 0.645. The molecule has 4 rings (SSSR count). The fraction of sp³-hybridized carbons (Fsp3) is 0.667. The van der Waals surface area contributed by atoms with Crippen LogP contribution in [0.1, 0.15) is 47.3 Å². The molecule has 2 fully saturated rings. The Labute approximate surface area is 190 Å². The van der Waals surface area contributed by atoms with E-state index in [9.17, 15) is 37.8 Å². The van der Waals surface area contributed by atoms with Crippen LogP contribution in [-0.2, 0) is 13.1 Å². The summed E-state index contributed by atoms with van der Waals surface area (Å²) in [4.78, 5) is 41.1. The number of nitrogens with zero attached hydrogens (tertiary/aromatic N) is 3. The van der Waals surface area contributed by atoms with Crippen molar-refractivity contribution in [3.8, 4) is 0 Å². The molecule has 1 aliphatic heterocycles. The number of aliphatic hydroxyl groups excluding tert-OH is 1. The summed E-state index contributed by atoms with van der Waals surface area (Å²) in [5, 5.41) is 19.6. The molecule has 2 N–H and O–H groups in total. The van der Waals surface area contributed by atoms with Crippen molar-refractivity contribution in [3.63, 3.8) is 0 Å². The SMILES string of the molecule is Cc1c(C(=O)N2CCC(O)(CO)CC2)sc2c1c(=O)n(CC1CC1)c(=O)n2CCC(F)(F)F. The summed E-state index contributed by atoms with van der Waals surface area (Å²) in [5.74, 6) is -0.251. The van der Waals surface area contributed by atoms with Crippen LogP contribution in [0.4, 0.5) is 13.2 Å². The number of hydrogen-bond donors (Lipinski definition) is 2. The molecule has 0 radical (unpaired) electrons. The molecule has 2 aliphatic rings. The van der Waals surface area contributed by atoms with Crippen LogP contribution in [0.5, 0.6) is 0 Å². The summed E-state index contributed by atoms with van der Waals surface area (Å²) in [7, 11) is 0. The number of aryl methyl sites for hydroxylation is 2. The largest absolute Gasteiger partial charge is 0.393 e. The molecule has 0 spiro atoms. The average molecular weight is 490 g/mol. The third kappa shape index (κ3) is 4.73. The maximum absolute atomic E-state index is 13.2. The van der Waals surface area contributed by atoms with Crippen molar-refractivity contribution < 1.29 is 28.2 Å². The summed E-state index contributed by atoms with van der Waals surface area (Å²) in [6.45, 7) is 1.06. The molecule has 1 saturated heterocycles. The number of fused-ring (bicyclic) bond motifs is 1. The van der Waals surface area contributed by atoms with Crippen molar-refractivity contribution in [1.82, 2.24) is 14.0 Å². The van der Waals surface area contributed by atoms with Gasteiger partial charge in [-0.05, 0) is 44.1 Å². The minimum atomic E-state index is -4.48. The van der Waals surface area contributed by atoms with Gasteiger partial charge in [-0.25, -0.2) is 4.79 Å². The second-order valence-corrected chi connectivity index (χ2v) is 10.1. The first-order valence-corrected chi connectivity index (χ1v) is 11.7. The number of likely N-dealkylation sites (tertiary alicyclic amines) is 1. The molecule has 0 aromatic carbocycles. The number of carbonyl (C=O) groups is 1. The predicted octanol–water partition coefficient (Wildman–Crippen LogP) is 1.85. The van der Waals surface area contributed by atoms with Gasteiger partial charge in [0.1, 0.15) is 4.83 Å². The van der Waals surface area contributed by atoms with Crippen LogP contribution in [0, 0.1) is 12.8 Å². The van der Waals surface area contributed by atoms with E-state index in [1.807, 2.05) is 0 Å². The van der Waals surface area contributed by atoms with Gasteiger partial charge in [0.15, 0.2) is 0 Å². The second-order valence-electron chi connectivity index (χ2n) is 9.07. The highest BCUT2D eigenvalue weighted by Crippen LogP contribution is 2.33. The first-order valence-electron chi connectivity index (χ1n) is 10.9. The maximum atomic E-state index is 13.2. The van der Waals surface area contributed by atoms with E-state index >= 15 is 0 Å². The molecule has 182 valence electrons. The molecule has 0 bridgehead atoms. The van der Waals surface area contributed by atoms with E-state index in [2.05, 4.69) is 0 Å². The van der Waals surface area contributed by atoms with Gasteiger partial charge in [0.05, 0.1) is 28.9 Å². The Balaban J connectivity index is 1.77. The van der Waals surface area contributed by atoms with Gasteiger partial charge in [0, 0.05) is 26.2 Å². The Bertz CT molecular complexity index is 1190. The number of rotatable bonds is 6. The standard InChI is InChI=1S/C21H26F3N3O5S/c1-12-14-16(29)27(10-13-2-3-13)19(31)26(9-6-21(22,23)24)18(14)33-15(12)17(30)25-7-4-20(32,11-28)5-8-25/h13,28,32H,2-11H2,1H3. The first-order chi connectivity index (χ1) is 15.4. The van der Waals surface area contributed by atoms with Crippen LogP contribution in [-0.4, -0.2) is 61.6 Å². The zero-order chi connectivity index (χ0) is 24.1. The fourth-order valence-electron chi connectivity index (χ4n) is 4.18. The Morgan fingerprint density at radius 2 is 1.82 bits per heavy atom. The summed E-state index contributed by atoms with van der Waals surface area (Å²) in [5.41, 5.74) is -2.26. The molecule has 8 nitrogen and oxygen atoms in total. The van der Waals surface area contributed by atoms with Crippen molar-refractivity contribution in [2.24, 2.45) is 5.92 Å². The number of aromatic nitrogens is 2. The van der Waals surface area contributed by atoms with Crippen molar-refractivity contribution >= 4 is 27.5 Å². The normalized spacial score (nSPS) is 18.8. The zero-order valence-corrected chi connectivity index (χ0v) is 19.0. The Morgan fingerprint density at radius 1 is 1.18 bits per heavy atom. The van der Waals surface area contributed by atoms with Gasteiger partial charge < -0.3 is 15.1 Å². The predicted molar refractivity (Wildman–Crippen MR) is 116 cm³/mol. The lowest BCUT2D eigenvalue weighted by Crippen LogP contribution is -2.48. The van der Waals surface area contributed by atoms with E-state index in [-0.39, 0.29) is 53.5 Å². The van der Waals surface area contributed by atoms with E-state index in [0.29, 0.717) is 5.56 Å². The summed E-state index contributed by atoms with van der Waals surface area (Å²) >= 11 is 0.859. The van der Waals surface area contributed by atoms with Crippen LogP contribution >= 0.6 is 11.3 Å². The average Bonchev–Trinajstić information content (AvgIpc) is 3.51. The zero-order valence-electron chi connectivity index (χ0n) is 18.2. The van der Waals surface area contributed by atoms with E-state index in [1.54, 1.807) is 6.92 Å². The van der Waals surface area contributed by atoms with Gasteiger partial charge in [0.25, 0.3) is 11.5 Å². The smallest absolute Gasteiger partial charge is 0.390 e. The molecule has 12 heteroatoms. The van der Waals surface area contributed by atoms with E-state index in [0.717, 1.165) is 33.3 Å². The molecule has 1 amide bonds. The number of piperidine rings is 1. The molecular weight excluding hydrogens is 463 g/mol. The van der Waals surface area contributed by atoms with Gasteiger partial charge in [-0.2, -0.15) is 13.2 Å².